The molecule has 0 aliphatic heterocycles. The third-order valence-corrected chi connectivity index (χ3v) is 4.50. The Bertz CT molecular complexity index is 482. The summed E-state index contributed by atoms with van der Waals surface area (Å²) in [5.41, 5.74) is 2.18. The molecule has 2 N–H and O–H groups in total. The first-order valence-electron chi connectivity index (χ1n) is 7.34. The lowest BCUT2D eigenvalue weighted by atomic mass is 10.2. The SMILES string of the molecule is CCc1nn(CC)c(CNC(C)C(=O)NC2CC2)c1Br. The molecule has 6 heteroatoms. The molecule has 1 aromatic rings. The first-order chi connectivity index (χ1) is 9.56. The molecule has 0 bridgehead atoms. The van der Waals surface area contributed by atoms with E-state index in [-0.39, 0.29) is 11.9 Å². The van der Waals surface area contributed by atoms with E-state index in [1.807, 2.05) is 11.6 Å². The molecule has 2 rings (SSSR count). The molecule has 0 spiro atoms. The zero-order valence-electron chi connectivity index (χ0n) is 12.4. The largest absolute Gasteiger partial charge is 0.352 e. The maximum atomic E-state index is 11.9. The summed E-state index contributed by atoms with van der Waals surface area (Å²) in [5, 5.41) is 10.9. The summed E-state index contributed by atoms with van der Waals surface area (Å²) < 4.78 is 3.05. The van der Waals surface area contributed by atoms with Gasteiger partial charge in [-0.15, -0.1) is 0 Å². The highest BCUT2D eigenvalue weighted by Crippen LogP contribution is 2.22. The van der Waals surface area contributed by atoms with Gasteiger partial charge >= 0.3 is 0 Å². The topological polar surface area (TPSA) is 59.0 Å². The Kier molecular flexibility index (Phi) is 5.21. The molecule has 1 unspecified atom stereocenters. The highest BCUT2D eigenvalue weighted by atomic mass is 79.9. The van der Waals surface area contributed by atoms with E-state index in [9.17, 15) is 4.79 Å². The van der Waals surface area contributed by atoms with Crippen LogP contribution in [0.15, 0.2) is 4.47 Å². The monoisotopic (exact) mass is 342 g/mol. The van der Waals surface area contributed by atoms with Gasteiger partial charge in [0.2, 0.25) is 5.91 Å². The Morgan fingerprint density at radius 3 is 2.75 bits per heavy atom. The van der Waals surface area contributed by atoms with Crippen LogP contribution < -0.4 is 10.6 Å². The number of hydrogen-bond donors (Lipinski definition) is 2. The van der Waals surface area contributed by atoms with Crippen LogP contribution >= 0.6 is 15.9 Å². The number of aromatic nitrogens is 2. The molecule has 1 amide bonds. The van der Waals surface area contributed by atoms with Gasteiger partial charge in [-0.1, -0.05) is 6.92 Å². The maximum Gasteiger partial charge on any atom is 0.237 e. The third kappa shape index (κ3) is 3.61. The van der Waals surface area contributed by atoms with Gasteiger partial charge in [0.1, 0.15) is 0 Å². The predicted octanol–water partition coefficient (Wildman–Crippen LogP) is 1.98. The van der Waals surface area contributed by atoms with Crippen molar-refractivity contribution in [1.82, 2.24) is 20.4 Å². The molecular weight excluding hydrogens is 320 g/mol. The fourth-order valence-corrected chi connectivity index (χ4v) is 2.79. The standard InChI is InChI=1S/C14H23BrN4O/c1-4-11-13(15)12(19(5-2)18-11)8-16-9(3)14(20)17-10-6-7-10/h9-10,16H,4-8H2,1-3H3,(H,17,20). The van der Waals surface area contributed by atoms with E-state index in [4.69, 9.17) is 0 Å². The molecule has 112 valence electrons. The van der Waals surface area contributed by atoms with Crippen molar-refractivity contribution in [2.24, 2.45) is 0 Å². The molecule has 1 saturated carbocycles. The number of halogens is 1. The molecule has 1 atom stereocenters. The normalized spacial score (nSPS) is 16.2. The molecular formula is C14H23BrN4O. The highest BCUT2D eigenvalue weighted by molar-refractivity contribution is 9.10. The van der Waals surface area contributed by atoms with Crippen LogP contribution in [0, 0.1) is 0 Å². The fraction of sp³-hybridized carbons (Fsp3) is 0.714. The van der Waals surface area contributed by atoms with Crippen LogP contribution in [-0.4, -0.2) is 27.8 Å². The number of rotatable bonds is 7. The zero-order valence-corrected chi connectivity index (χ0v) is 14.0. The number of aryl methyl sites for hydroxylation is 2. The van der Waals surface area contributed by atoms with E-state index in [1.54, 1.807) is 0 Å². The number of amides is 1. The van der Waals surface area contributed by atoms with Crippen LogP contribution in [0.5, 0.6) is 0 Å². The minimum Gasteiger partial charge on any atom is -0.352 e. The molecule has 1 aliphatic carbocycles. The Morgan fingerprint density at radius 1 is 1.50 bits per heavy atom. The van der Waals surface area contributed by atoms with Gasteiger partial charge in [0.25, 0.3) is 0 Å². The Hall–Kier alpha value is -0.880. The summed E-state index contributed by atoms with van der Waals surface area (Å²) in [6.45, 7) is 7.54. The molecule has 1 aliphatic rings. The third-order valence-electron chi connectivity index (χ3n) is 3.59. The Morgan fingerprint density at radius 2 is 2.20 bits per heavy atom. The van der Waals surface area contributed by atoms with E-state index >= 15 is 0 Å². The molecule has 1 fully saturated rings. The van der Waals surface area contributed by atoms with Crippen LogP contribution in [0.4, 0.5) is 0 Å². The average molecular weight is 343 g/mol. The summed E-state index contributed by atoms with van der Waals surface area (Å²) >= 11 is 3.62. The summed E-state index contributed by atoms with van der Waals surface area (Å²) in [6, 6.07) is 0.221. The van der Waals surface area contributed by atoms with Crippen LogP contribution in [0.25, 0.3) is 0 Å². The van der Waals surface area contributed by atoms with Crippen molar-refractivity contribution in [2.75, 3.05) is 0 Å². The van der Waals surface area contributed by atoms with Crippen molar-refractivity contribution in [3.63, 3.8) is 0 Å². The molecule has 0 radical (unpaired) electrons. The van der Waals surface area contributed by atoms with Crippen molar-refractivity contribution < 1.29 is 4.79 Å². The van der Waals surface area contributed by atoms with Crippen LogP contribution in [0.3, 0.4) is 0 Å². The van der Waals surface area contributed by atoms with Crippen LogP contribution in [0.1, 0.15) is 45.0 Å². The van der Waals surface area contributed by atoms with Crippen molar-refractivity contribution in [1.29, 1.82) is 0 Å². The minimum absolute atomic E-state index is 0.0851. The lowest BCUT2D eigenvalue weighted by molar-refractivity contribution is -0.122. The van der Waals surface area contributed by atoms with E-state index in [0.717, 1.165) is 41.7 Å². The Labute approximate surface area is 128 Å². The van der Waals surface area contributed by atoms with E-state index in [2.05, 4.69) is 45.5 Å². The fourth-order valence-electron chi connectivity index (χ4n) is 2.08. The van der Waals surface area contributed by atoms with Gasteiger partial charge < -0.3 is 10.6 Å². The lowest BCUT2D eigenvalue weighted by Gasteiger charge is -2.14. The van der Waals surface area contributed by atoms with Gasteiger partial charge in [-0.05, 0) is 49.0 Å². The molecule has 0 aromatic carbocycles. The number of carbonyl (C=O) groups is 1. The molecule has 1 aromatic heterocycles. The van der Waals surface area contributed by atoms with Crippen LogP contribution in [0.2, 0.25) is 0 Å². The quantitative estimate of drug-likeness (QED) is 0.796. The summed E-state index contributed by atoms with van der Waals surface area (Å²) in [7, 11) is 0. The zero-order chi connectivity index (χ0) is 14.7. The summed E-state index contributed by atoms with van der Waals surface area (Å²) in [6.07, 6.45) is 3.14. The van der Waals surface area contributed by atoms with E-state index < -0.39 is 0 Å². The van der Waals surface area contributed by atoms with Gasteiger partial charge in [0.15, 0.2) is 0 Å². The number of carbonyl (C=O) groups excluding carboxylic acids is 1. The van der Waals surface area contributed by atoms with Crippen molar-refractivity contribution in [2.45, 2.75) is 65.2 Å². The van der Waals surface area contributed by atoms with Gasteiger partial charge in [-0.3, -0.25) is 9.48 Å². The highest BCUT2D eigenvalue weighted by Gasteiger charge is 2.25. The smallest absolute Gasteiger partial charge is 0.237 e. The maximum absolute atomic E-state index is 11.9. The second kappa shape index (κ2) is 6.72. The van der Waals surface area contributed by atoms with Crippen molar-refractivity contribution in [3.05, 3.63) is 15.9 Å². The van der Waals surface area contributed by atoms with Crippen molar-refractivity contribution in [3.8, 4) is 0 Å². The second-order valence-electron chi connectivity index (χ2n) is 5.26. The van der Waals surface area contributed by atoms with Crippen LogP contribution in [-0.2, 0) is 24.3 Å². The first kappa shape index (κ1) is 15.5. The lowest BCUT2D eigenvalue weighted by Crippen LogP contribution is -2.42. The van der Waals surface area contributed by atoms with Gasteiger partial charge in [-0.25, -0.2) is 0 Å². The predicted molar refractivity (Wildman–Crippen MR) is 82.4 cm³/mol. The van der Waals surface area contributed by atoms with Gasteiger partial charge in [0, 0.05) is 19.1 Å². The minimum atomic E-state index is -0.187. The van der Waals surface area contributed by atoms with E-state index in [1.165, 1.54) is 0 Å². The first-order valence-corrected chi connectivity index (χ1v) is 8.13. The summed E-state index contributed by atoms with van der Waals surface area (Å²) in [5.74, 6) is 0.0851. The Balaban J connectivity index is 1.95. The van der Waals surface area contributed by atoms with Gasteiger partial charge in [-0.2, -0.15) is 5.10 Å². The second-order valence-corrected chi connectivity index (χ2v) is 6.06. The molecule has 20 heavy (non-hydrogen) atoms. The molecule has 1 heterocycles. The van der Waals surface area contributed by atoms with Gasteiger partial charge in [0.05, 0.1) is 21.9 Å². The number of nitrogens with zero attached hydrogens (tertiary/aromatic N) is 2. The van der Waals surface area contributed by atoms with Crippen molar-refractivity contribution >= 4 is 21.8 Å². The van der Waals surface area contributed by atoms with E-state index in [0.29, 0.717) is 12.6 Å². The molecule has 5 nitrogen and oxygen atoms in total. The average Bonchev–Trinajstić information content (AvgIpc) is 3.19. The number of nitrogens with one attached hydrogen (secondary N) is 2. The summed E-state index contributed by atoms with van der Waals surface area (Å²) in [4.78, 5) is 11.9. The molecule has 0 saturated heterocycles. The number of hydrogen-bond acceptors (Lipinski definition) is 3.